The van der Waals surface area contributed by atoms with Crippen molar-refractivity contribution in [3.63, 3.8) is 0 Å². The van der Waals surface area contributed by atoms with E-state index in [1.807, 2.05) is 38.4 Å². The molecule has 104 valence electrons. The zero-order chi connectivity index (χ0) is 14.4. The molecule has 3 N–H and O–H groups in total. The number of pyridine rings is 1. The Morgan fingerprint density at radius 3 is 2.25 bits per heavy atom. The molecule has 0 saturated heterocycles. The van der Waals surface area contributed by atoms with Gasteiger partial charge < -0.3 is 20.5 Å². The number of hydrogen-bond donors (Lipinski definition) is 2. The first-order valence-electron chi connectivity index (χ1n) is 6.23. The number of H-pyrrole nitrogens is 1. The summed E-state index contributed by atoms with van der Waals surface area (Å²) in [6.07, 6.45) is -0.161. The third-order valence-electron chi connectivity index (χ3n) is 3.68. The summed E-state index contributed by atoms with van der Waals surface area (Å²) < 4.78 is 0.624. The zero-order valence-electron chi connectivity index (χ0n) is 11.2. The van der Waals surface area contributed by atoms with Crippen molar-refractivity contribution in [2.45, 2.75) is 6.17 Å². The lowest BCUT2D eigenvalue weighted by Crippen LogP contribution is -2.35. The molecule has 0 amide bonds. The number of nitrogens with zero attached hydrogens (tertiary/aromatic N) is 2. The van der Waals surface area contributed by atoms with Gasteiger partial charge in [-0.1, -0.05) is 12.1 Å². The minimum absolute atomic E-state index is 0.0790. The first kappa shape index (κ1) is 13.1. The molecule has 1 aliphatic heterocycles. The van der Waals surface area contributed by atoms with Gasteiger partial charge in [0.15, 0.2) is 5.43 Å². The van der Waals surface area contributed by atoms with Crippen LogP contribution >= 0.6 is 15.9 Å². The van der Waals surface area contributed by atoms with Crippen LogP contribution in [0.5, 0.6) is 0 Å². The predicted molar refractivity (Wildman–Crippen MR) is 85.2 cm³/mol. The van der Waals surface area contributed by atoms with Crippen LogP contribution < -0.4 is 21.0 Å². The summed E-state index contributed by atoms with van der Waals surface area (Å²) in [5, 5.41) is 0. The molecule has 1 aliphatic rings. The van der Waals surface area contributed by atoms with Crippen molar-refractivity contribution < 1.29 is 0 Å². The maximum atomic E-state index is 12.3. The highest BCUT2D eigenvalue weighted by Crippen LogP contribution is 2.44. The number of hydrogen-bond acceptors (Lipinski definition) is 4. The van der Waals surface area contributed by atoms with Crippen LogP contribution in [0.3, 0.4) is 0 Å². The normalized spacial score (nSPS) is 14.8. The Kier molecular flexibility index (Phi) is 2.97. The van der Waals surface area contributed by atoms with Crippen LogP contribution in [-0.4, -0.2) is 19.1 Å². The Morgan fingerprint density at radius 2 is 1.75 bits per heavy atom. The smallest absolute Gasteiger partial charge is 0.192 e. The second-order valence-corrected chi connectivity index (χ2v) is 5.69. The summed E-state index contributed by atoms with van der Waals surface area (Å²) in [6, 6.07) is 9.50. The molecule has 1 aromatic heterocycles. The van der Waals surface area contributed by atoms with E-state index >= 15 is 0 Å². The quantitative estimate of drug-likeness (QED) is 0.785. The molecule has 2 heterocycles. The number of benzene rings is 1. The molecule has 0 saturated carbocycles. The van der Waals surface area contributed by atoms with Crippen molar-refractivity contribution in [3.8, 4) is 0 Å². The molecular formula is C14H15BrN4O. The first-order chi connectivity index (χ1) is 9.50. The summed E-state index contributed by atoms with van der Waals surface area (Å²) >= 11 is 3.42. The predicted octanol–water partition coefficient (Wildman–Crippen LogP) is 2.30. The molecule has 20 heavy (non-hydrogen) atoms. The van der Waals surface area contributed by atoms with Crippen LogP contribution in [0, 0.1) is 0 Å². The second-order valence-electron chi connectivity index (χ2n) is 4.90. The van der Waals surface area contributed by atoms with E-state index in [-0.39, 0.29) is 11.6 Å². The molecule has 0 fully saturated rings. The first-order valence-corrected chi connectivity index (χ1v) is 7.03. The number of rotatable bonds is 1. The monoisotopic (exact) mass is 334 g/mol. The van der Waals surface area contributed by atoms with Crippen LogP contribution in [0.25, 0.3) is 0 Å². The highest BCUT2D eigenvalue weighted by atomic mass is 79.9. The molecule has 0 atom stereocenters. The van der Waals surface area contributed by atoms with Crippen molar-refractivity contribution in [1.82, 2.24) is 4.98 Å². The van der Waals surface area contributed by atoms with Gasteiger partial charge in [0.25, 0.3) is 0 Å². The fourth-order valence-corrected chi connectivity index (χ4v) is 3.40. The lowest BCUT2D eigenvalue weighted by molar-refractivity contribution is 0.682. The Labute approximate surface area is 125 Å². The number of nitrogens with one attached hydrogen (secondary N) is 1. The minimum atomic E-state index is -0.161. The molecule has 1 aromatic carbocycles. The number of nitrogens with two attached hydrogens (primary N) is 1. The lowest BCUT2D eigenvalue weighted by atomic mass is 10.2. The molecule has 6 heteroatoms. The zero-order valence-corrected chi connectivity index (χ0v) is 12.8. The van der Waals surface area contributed by atoms with Gasteiger partial charge >= 0.3 is 0 Å². The Hall–Kier alpha value is -1.95. The average Bonchev–Trinajstić information content (AvgIpc) is 2.64. The van der Waals surface area contributed by atoms with Crippen molar-refractivity contribution >= 4 is 33.1 Å². The molecule has 0 bridgehead atoms. The Bertz CT molecular complexity index is 698. The number of nitrogen functional groups attached to an aromatic ring is 1. The average molecular weight is 335 g/mol. The number of aromatic nitrogens is 1. The minimum Gasteiger partial charge on any atom is -0.385 e. The SMILES string of the molecule is CN1c2ccccc2N(C)C1c1c(Br)[nH]c(N)cc1=O. The van der Waals surface area contributed by atoms with Crippen LogP contribution in [0.15, 0.2) is 39.7 Å². The van der Waals surface area contributed by atoms with E-state index in [9.17, 15) is 4.79 Å². The van der Waals surface area contributed by atoms with Gasteiger partial charge in [-0.05, 0) is 28.1 Å². The van der Waals surface area contributed by atoms with Crippen molar-refractivity contribution in [2.24, 2.45) is 0 Å². The van der Waals surface area contributed by atoms with E-state index in [1.165, 1.54) is 6.07 Å². The molecule has 0 spiro atoms. The van der Waals surface area contributed by atoms with E-state index in [2.05, 4.69) is 30.7 Å². The number of halogens is 1. The van der Waals surface area contributed by atoms with Gasteiger partial charge in [0, 0.05) is 20.2 Å². The largest absolute Gasteiger partial charge is 0.385 e. The molecule has 0 aliphatic carbocycles. The van der Waals surface area contributed by atoms with Crippen molar-refractivity contribution in [1.29, 1.82) is 0 Å². The number of aromatic amines is 1. The van der Waals surface area contributed by atoms with Crippen LogP contribution in [-0.2, 0) is 0 Å². The standard InChI is InChI=1S/C14H15BrN4O/c1-18-8-5-3-4-6-9(8)19(2)14(18)12-10(20)7-11(16)17-13(12)15/h3-7,14H,1-2H3,(H3,16,17,20). The van der Waals surface area contributed by atoms with Crippen molar-refractivity contribution in [3.05, 3.63) is 50.7 Å². The van der Waals surface area contributed by atoms with Gasteiger partial charge in [0.1, 0.15) is 12.0 Å². The highest BCUT2D eigenvalue weighted by molar-refractivity contribution is 9.10. The Balaban J connectivity index is 2.17. The summed E-state index contributed by atoms with van der Waals surface area (Å²) in [5.41, 5.74) is 8.44. The number of para-hydroxylation sites is 2. The molecule has 0 radical (unpaired) electrons. The molecule has 0 unspecified atom stereocenters. The van der Waals surface area contributed by atoms with Crippen LogP contribution in [0.4, 0.5) is 17.2 Å². The maximum Gasteiger partial charge on any atom is 0.192 e. The van der Waals surface area contributed by atoms with Gasteiger partial charge in [-0.15, -0.1) is 0 Å². The molecule has 2 aromatic rings. The van der Waals surface area contributed by atoms with E-state index < -0.39 is 0 Å². The van der Waals surface area contributed by atoms with E-state index in [1.54, 1.807) is 0 Å². The number of anilines is 3. The molecule has 5 nitrogen and oxygen atoms in total. The van der Waals surface area contributed by atoms with E-state index in [0.717, 1.165) is 11.4 Å². The molecule has 3 rings (SSSR count). The fourth-order valence-electron chi connectivity index (χ4n) is 2.77. The second kappa shape index (κ2) is 4.56. The van der Waals surface area contributed by atoms with Gasteiger partial charge in [-0.25, -0.2) is 0 Å². The highest BCUT2D eigenvalue weighted by Gasteiger charge is 2.35. The van der Waals surface area contributed by atoms with Gasteiger partial charge in [-0.2, -0.15) is 0 Å². The fraction of sp³-hybridized carbons (Fsp3) is 0.214. The van der Waals surface area contributed by atoms with E-state index in [0.29, 0.717) is 16.0 Å². The lowest BCUT2D eigenvalue weighted by Gasteiger charge is -2.28. The van der Waals surface area contributed by atoms with Crippen LogP contribution in [0.1, 0.15) is 11.7 Å². The topological polar surface area (TPSA) is 65.4 Å². The van der Waals surface area contributed by atoms with E-state index in [4.69, 9.17) is 5.73 Å². The third-order valence-corrected chi connectivity index (χ3v) is 4.30. The summed E-state index contributed by atoms with van der Waals surface area (Å²) in [5.74, 6) is 0.353. The summed E-state index contributed by atoms with van der Waals surface area (Å²) in [4.78, 5) is 19.4. The van der Waals surface area contributed by atoms with Crippen LogP contribution in [0.2, 0.25) is 0 Å². The maximum absolute atomic E-state index is 12.3. The van der Waals surface area contributed by atoms with Crippen molar-refractivity contribution in [2.75, 3.05) is 29.6 Å². The Morgan fingerprint density at radius 1 is 1.20 bits per heavy atom. The van der Waals surface area contributed by atoms with Gasteiger partial charge in [0.05, 0.1) is 21.5 Å². The molecular weight excluding hydrogens is 320 g/mol. The summed E-state index contributed by atoms with van der Waals surface area (Å²) in [7, 11) is 3.96. The van der Waals surface area contributed by atoms with Gasteiger partial charge in [0.2, 0.25) is 0 Å². The van der Waals surface area contributed by atoms with Gasteiger partial charge in [-0.3, -0.25) is 4.79 Å². The number of fused-ring (bicyclic) bond motifs is 1. The third kappa shape index (κ3) is 1.79. The summed E-state index contributed by atoms with van der Waals surface area (Å²) in [6.45, 7) is 0.